The first kappa shape index (κ1) is 20.3. The quantitative estimate of drug-likeness (QED) is 0.581. The zero-order valence-electron chi connectivity index (χ0n) is 17.7. The maximum atomic E-state index is 12.9. The fourth-order valence-electron chi connectivity index (χ4n) is 4.11. The monoisotopic (exact) mass is 428 g/mol. The van der Waals surface area contributed by atoms with E-state index in [1.54, 1.807) is 36.4 Å². The van der Waals surface area contributed by atoms with E-state index in [9.17, 15) is 9.59 Å². The summed E-state index contributed by atoms with van der Waals surface area (Å²) < 4.78 is 10.8. The first-order valence-corrected chi connectivity index (χ1v) is 10.8. The molecule has 0 N–H and O–H groups in total. The fourth-order valence-corrected chi connectivity index (χ4v) is 4.11. The smallest absolute Gasteiger partial charge is 0.253 e. The van der Waals surface area contributed by atoms with Gasteiger partial charge in [-0.25, -0.2) is 0 Å². The van der Waals surface area contributed by atoms with E-state index in [-0.39, 0.29) is 18.5 Å². The van der Waals surface area contributed by atoms with Gasteiger partial charge in [-0.3, -0.25) is 14.5 Å². The first-order valence-electron chi connectivity index (χ1n) is 10.8. The summed E-state index contributed by atoms with van der Waals surface area (Å²) in [6, 6.07) is 22.2. The maximum absolute atomic E-state index is 12.9. The number of amides is 1. The van der Waals surface area contributed by atoms with Gasteiger partial charge in [-0.1, -0.05) is 48.5 Å². The lowest BCUT2D eigenvalue weighted by molar-refractivity contribution is 0.0628. The molecule has 5 rings (SSSR count). The molecule has 0 atom stereocenters. The van der Waals surface area contributed by atoms with Crippen LogP contribution in [0.1, 0.15) is 31.8 Å². The van der Waals surface area contributed by atoms with Crippen molar-refractivity contribution in [2.75, 3.05) is 33.0 Å². The molecule has 6 nitrogen and oxygen atoms in total. The molecule has 0 spiro atoms. The molecule has 3 aromatic carbocycles. The van der Waals surface area contributed by atoms with Crippen LogP contribution in [-0.2, 0) is 6.54 Å². The number of nitrogens with zero attached hydrogens (tertiary/aromatic N) is 2. The topological polar surface area (TPSA) is 59.1 Å². The van der Waals surface area contributed by atoms with Gasteiger partial charge in [0, 0.05) is 49.4 Å². The van der Waals surface area contributed by atoms with Crippen LogP contribution in [0.15, 0.2) is 72.8 Å². The molecule has 1 amide bonds. The molecule has 2 aliphatic heterocycles. The van der Waals surface area contributed by atoms with E-state index in [1.807, 2.05) is 35.2 Å². The highest BCUT2D eigenvalue weighted by molar-refractivity contribution is 6.09. The third kappa shape index (κ3) is 4.22. The number of fused-ring (bicyclic) bond motifs is 1. The molecule has 2 heterocycles. The minimum atomic E-state index is -0.0401. The zero-order valence-corrected chi connectivity index (χ0v) is 17.7. The summed E-state index contributed by atoms with van der Waals surface area (Å²) in [5.74, 6) is 1.55. The molecule has 3 aromatic rings. The van der Waals surface area contributed by atoms with Crippen molar-refractivity contribution in [3.8, 4) is 11.5 Å². The number of carbonyl (C=O) groups excluding carboxylic acids is 2. The minimum Gasteiger partial charge on any atom is -0.454 e. The average Bonchev–Trinajstić information content (AvgIpc) is 3.32. The first-order chi connectivity index (χ1) is 15.7. The standard InChI is InChI=1S/C26H24N2O4/c29-25(20-4-2-1-3-5-20)21-7-9-22(10-8-21)26(30)28-14-12-27(13-15-28)17-19-6-11-23-24(16-19)32-18-31-23/h1-11,16H,12-15,17-18H2. The molecule has 6 heteroatoms. The summed E-state index contributed by atoms with van der Waals surface area (Å²) in [7, 11) is 0. The van der Waals surface area contributed by atoms with E-state index in [0.717, 1.165) is 31.1 Å². The summed E-state index contributed by atoms with van der Waals surface area (Å²) in [6.45, 7) is 4.06. The normalized spacial score (nSPS) is 15.6. The number of hydrogen-bond acceptors (Lipinski definition) is 5. The van der Waals surface area contributed by atoms with Gasteiger partial charge in [-0.15, -0.1) is 0 Å². The molecule has 0 unspecified atom stereocenters. The number of ether oxygens (including phenoxy) is 2. The van der Waals surface area contributed by atoms with Crippen molar-refractivity contribution in [1.29, 1.82) is 0 Å². The molecule has 1 saturated heterocycles. The number of ketones is 1. The van der Waals surface area contributed by atoms with Crippen LogP contribution < -0.4 is 9.47 Å². The molecule has 0 radical (unpaired) electrons. The van der Waals surface area contributed by atoms with E-state index in [2.05, 4.69) is 11.0 Å². The SMILES string of the molecule is O=C(c1ccccc1)c1ccc(C(=O)N2CCN(Cc3ccc4c(c3)OCO4)CC2)cc1. The molecule has 0 bridgehead atoms. The Kier molecular flexibility index (Phi) is 5.60. The lowest BCUT2D eigenvalue weighted by atomic mass is 10.0. The molecule has 0 aliphatic carbocycles. The molecule has 32 heavy (non-hydrogen) atoms. The summed E-state index contributed by atoms with van der Waals surface area (Å²) in [5.41, 5.74) is 3.01. The number of piperazine rings is 1. The van der Waals surface area contributed by atoms with Gasteiger partial charge in [0.2, 0.25) is 6.79 Å². The Bertz CT molecular complexity index is 1120. The third-order valence-electron chi connectivity index (χ3n) is 5.93. The van der Waals surface area contributed by atoms with Crippen LogP contribution in [-0.4, -0.2) is 54.5 Å². The summed E-state index contributed by atoms with van der Waals surface area (Å²) in [6.07, 6.45) is 0. The molecular formula is C26H24N2O4. The van der Waals surface area contributed by atoms with Crippen LogP contribution in [0.3, 0.4) is 0 Å². The number of carbonyl (C=O) groups is 2. The predicted molar refractivity (Wildman–Crippen MR) is 120 cm³/mol. The number of benzene rings is 3. The van der Waals surface area contributed by atoms with Crippen LogP contribution in [0, 0.1) is 0 Å². The van der Waals surface area contributed by atoms with Crippen molar-refractivity contribution in [3.63, 3.8) is 0 Å². The highest BCUT2D eigenvalue weighted by Gasteiger charge is 2.23. The molecular weight excluding hydrogens is 404 g/mol. The number of rotatable bonds is 5. The van der Waals surface area contributed by atoms with Crippen molar-refractivity contribution < 1.29 is 19.1 Å². The second kappa shape index (κ2) is 8.85. The Morgan fingerprint density at radius 1 is 0.719 bits per heavy atom. The van der Waals surface area contributed by atoms with E-state index in [4.69, 9.17) is 9.47 Å². The van der Waals surface area contributed by atoms with Gasteiger partial charge in [0.15, 0.2) is 17.3 Å². The van der Waals surface area contributed by atoms with Crippen LogP contribution in [0.2, 0.25) is 0 Å². The lowest BCUT2D eigenvalue weighted by Gasteiger charge is -2.34. The van der Waals surface area contributed by atoms with E-state index in [0.29, 0.717) is 29.8 Å². The van der Waals surface area contributed by atoms with E-state index in [1.165, 1.54) is 5.56 Å². The van der Waals surface area contributed by atoms with Gasteiger partial charge in [0.25, 0.3) is 5.91 Å². The van der Waals surface area contributed by atoms with Crippen molar-refractivity contribution in [3.05, 3.63) is 95.1 Å². The highest BCUT2D eigenvalue weighted by atomic mass is 16.7. The van der Waals surface area contributed by atoms with Crippen molar-refractivity contribution in [1.82, 2.24) is 9.80 Å². The van der Waals surface area contributed by atoms with Crippen molar-refractivity contribution in [2.45, 2.75) is 6.54 Å². The summed E-state index contributed by atoms with van der Waals surface area (Å²) in [4.78, 5) is 29.7. The lowest BCUT2D eigenvalue weighted by Crippen LogP contribution is -2.48. The Hall–Kier alpha value is -3.64. The predicted octanol–water partition coefficient (Wildman–Crippen LogP) is 3.60. The van der Waals surface area contributed by atoms with Crippen LogP contribution in [0.5, 0.6) is 11.5 Å². The second-order valence-electron chi connectivity index (χ2n) is 8.03. The summed E-state index contributed by atoms with van der Waals surface area (Å²) >= 11 is 0. The van der Waals surface area contributed by atoms with Gasteiger partial charge >= 0.3 is 0 Å². The molecule has 1 fully saturated rings. The molecule has 0 saturated carbocycles. The Morgan fingerprint density at radius 2 is 1.38 bits per heavy atom. The highest BCUT2D eigenvalue weighted by Crippen LogP contribution is 2.32. The minimum absolute atomic E-state index is 0.00596. The Morgan fingerprint density at radius 3 is 2.12 bits per heavy atom. The van der Waals surface area contributed by atoms with Crippen molar-refractivity contribution in [2.24, 2.45) is 0 Å². The summed E-state index contributed by atoms with van der Waals surface area (Å²) in [5, 5.41) is 0. The second-order valence-corrected chi connectivity index (χ2v) is 8.03. The van der Waals surface area contributed by atoms with Crippen molar-refractivity contribution >= 4 is 11.7 Å². The fraction of sp³-hybridized carbons (Fsp3) is 0.231. The Labute approximate surface area is 187 Å². The molecule has 162 valence electrons. The number of hydrogen-bond donors (Lipinski definition) is 0. The van der Waals surface area contributed by atoms with Crippen LogP contribution >= 0.6 is 0 Å². The Balaban J connectivity index is 1.17. The largest absolute Gasteiger partial charge is 0.454 e. The van der Waals surface area contributed by atoms with Crippen LogP contribution in [0.4, 0.5) is 0 Å². The molecule has 2 aliphatic rings. The van der Waals surface area contributed by atoms with E-state index >= 15 is 0 Å². The molecule has 0 aromatic heterocycles. The van der Waals surface area contributed by atoms with E-state index < -0.39 is 0 Å². The van der Waals surface area contributed by atoms with Gasteiger partial charge in [0.05, 0.1) is 0 Å². The average molecular weight is 428 g/mol. The third-order valence-corrected chi connectivity index (χ3v) is 5.93. The zero-order chi connectivity index (χ0) is 21.9. The van der Waals surface area contributed by atoms with Gasteiger partial charge in [-0.05, 0) is 29.8 Å². The van der Waals surface area contributed by atoms with Gasteiger partial charge in [-0.2, -0.15) is 0 Å². The van der Waals surface area contributed by atoms with Gasteiger partial charge < -0.3 is 14.4 Å². The van der Waals surface area contributed by atoms with Crippen LogP contribution in [0.25, 0.3) is 0 Å². The maximum Gasteiger partial charge on any atom is 0.253 e. The van der Waals surface area contributed by atoms with Gasteiger partial charge in [0.1, 0.15) is 0 Å².